The van der Waals surface area contributed by atoms with Gasteiger partial charge in [0.2, 0.25) is 0 Å². The van der Waals surface area contributed by atoms with Crippen molar-refractivity contribution in [1.82, 2.24) is 0 Å². The first-order chi connectivity index (χ1) is 6.11. The van der Waals surface area contributed by atoms with Gasteiger partial charge in [0.25, 0.3) is 0 Å². The molecular weight excluding hydrogens is 219 g/mol. The number of hydrogen-bond donors (Lipinski definition) is 2. The van der Waals surface area contributed by atoms with Gasteiger partial charge in [-0.3, -0.25) is 0 Å². The number of aliphatic hydroxyl groups is 2. The highest BCUT2D eigenvalue weighted by atomic mass is 35.5. The summed E-state index contributed by atoms with van der Waals surface area (Å²) in [5, 5.41) is 18.1. The maximum Gasteiger partial charge on any atom is 0.186 e. The molecule has 2 unspecified atom stereocenters. The lowest BCUT2D eigenvalue weighted by atomic mass is 10.0. The zero-order valence-corrected chi connectivity index (χ0v) is 8.57. The van der Waals surface area contributed by atoms with Crippen LogP contribution in [0.5, 0.6) is 0 Å². The van der Waals surface area contributed by atoms with E-state index in [1.54, 1.807) is 0 Å². The number of aliphatic hydroxyl groups excluding tert-OH is 2. The Kier molecular flexibility index (Phi) is 4.22. The van der Waals surface area contributed by atoms with Crippen LogP contribution in [0.4, 0.5) is 0 Å². The van der Waals surface area contributed by atoms with Crippen molar-refractivity contribution in [2.45, 2.75) is 30.0 Å². The Labute approximate surface area is 86.3 Å². The quantitative estimate of drug-likeness (QED) is 0.653. The molecule has 0 aromatic rings. The summed E-state index contributed by atoms with van der Waals surface area (Å²) in [7, 11) is 1.38. The highest BCUT2D eigenvalue weighted by Gasteiger charge is 2.43. The molecule has 1 rings (SSSR count). The highest BCUT2D eigenvalue weighted by molar-refractivity contribution is 6.23. The lowest BCUT2D eigenvalue weighted by molar-refractivity contribution is -0.251. The van der Waals surface area contributed by atoms with Crippen molar-refractivity contribution < 1.29 is 19.7 Å². The molecule has 1 aliphatic heterocycles. The SMILES string of the molecule is CO[C@H]1OC(CCl)[C@H](Cl)[C@H](O)C1O. The van der Waals surface area contributed by atoms with E-state index >= 15 is 0 Å². The van der Waals surface area contributed by atoms with Crippen LogP contribution in [0.15, 0.2) is 0 Å². The molecule has 0 aliphatic carbocycles. The topological polar surface area (TPSA) is 58.9 Å². The van der Waals surface area contributed by atoms with Crippen molar-refractivity contribution in [3.05, 3.63) is 0 Å². The minimum atomic E-state index is -1.13. The monoisotopic (exact) mass is 230 g/mol. The Morgan fingerprint density at radius 2 is 2.00 bits per heavy atom. The Balaban J connectivity index is 2.66. The summed E-state index contributed by atoms with van der Waals surface area (Å²) in [5.41, 5.74) is 0. The lowest BCUT2D eigenvalue weighted by Gasteiger charge is -2.38. The van der Waals surface area contributed by atoms with Gasteiger partial charge in [-0.1, -0.05) is 0 Å². The number of alkyl halides is 2. The van der Waals surface area contributed by atoms with Crippen LogP contribution in [-0.2, 0) is 9.47 Å². The van der Waals surface area contributed by atoms with Crippen LogP contribution in [0, 0.1) is 0 Å². The van der Waals surface area contributed by atoms with Crippen LogP contribution in [0.1, 0.15) is 0 Å². The average molecular weight is 231 g/mol. The number of halogens is 2. The molecule has 0 saturated carbocycles. The first kappa shape index (κ1) is 11.5. The van der Waals surface area contributed by atoms with Gasteiger partial charge in [-0.25, -0.2) is 0 Å². The standard InChI is InChI=1S/C7H12Cl2O4/c1-12-7-6(11)5(10)4(9)3(2-8)13-7/h3-7,10-11H,2H2,1H3/t3?,4-,5-,6?,7-/m0/s1. The van der Waals surface area contributed by atoms with Crippen molar-refractivity contribution >= 4 is 23.2 Å². The minimum absolute atomic E-state index is 0.151. The lowest BCUT2D eigenvalue weighted by Crippen LogP contribution is -2.56. The molecule has 4 nitrogen and oxygen atoms in total. The van der Waals surface area contributed by atoms with Crippen LogP contribution in [0.3, 0.4) is 0 Å². The fourth-order valence-corrected chi connectivity index (χ4v) is 1.87. The van der Waals surface area contributed by atoms with Crippen LogP contribution in [0.25, 0.3) is 0 Å². The number of methoxy groups -OCH3 is 1. The maximum absolute atomic E-state index is 9.45. The van der Waals surface area contributed by atoms with E-state index in [2.05, 4.69) is 0 Å². The van der Waals surface area contributed by atoms with E-state index in [1.165, 1.54) is 7.11 Å². The Bertz CT molecular complexity index is 149. The molecule has 1 saturated heterocycles. The molecule has 13 heavy (non-hydrogen) atoms. The Morgan fingerprint density at radius 3 is 2.46 bits per heavy atom. The van der Waals surface area contributed by atoms with E-state index in [-0.39, 0.29) is 5.88 Å². The van der Waals surface area contributed by atoms with E-state index < -0.39 is 30.0 Å². The fourth-order valence-electron chi connectivity index (χ4n) is 1.21. The third kappa shape index (κ3) is 2.26. The molecule has 0 aromatic carbocycles. The molecule has 78 valence electrons. The van der Waals surface area contributed by atoms with Crippen molar-refractivity contribution in [3.63, 3.8) is 0 Å². The molecule has 0 amide bonds. The second-order valence-electron chi connectivity index (χ2n) is 2.86. The number of rotatable bonds is 2. The molecule has 1 aliphatic rings. The molecule has 0 bridgehead atoms. The van der Waals surface area contributed by atoms with Gasteiger partial charge in [0, 0.05) is 7.11 Å². The van der Waals surface area contributed by atoms with Gasteiger partial charge in [0.05, 0.1) is 17.4 Å². The maximum atomic E-state index is 9.45. The van der Waals surface area contributed by atoms with Gasteiger partial charge >= 0.3 is 0 Å². The second kappa shape index (κ2) is 4.77. The molecule has 0 spiro atoms. The van der Waals surface area contributed by atoms with Gasteiger partial charge in [0.1, 0.15) is 12.2 Å². The van der Waals surface area contributed by atoms with Gasteiger partial charge < -0.3 is 19.7 Å². The molecule has 0 radical (unpaired) electrons. The summed E-state index contributed by atoms with van der Waals surface area (Å²) >= 11 is 11.3. The first-order valence-corrected chi connectivity index (χ1v) is 4.83. The largest absolute Gasteiger partial charge is 0.389 e. The van der Waals surface area contributed by atoms with Crippen LogP contribution in [0.2, 0.25) is 0 Å². The molecule has 6 heteroatoms. The summed E-state index contributed by atoms with van der Waals surface area (Å²) in [6, 6.07) is 0. The molecular formula is C7H12Cl2O4. The Morgan fingerprint density at radius 1 is 1.38 bits per heavy atom. The Hall–Kier alpha value is 0.420. The van der Waals surface area contributed by atoms with E-state index in [1.807, 2.05) is 0 Å². The smallest absolute Gasteiger partial charge is 0.186 e. The highest BCUT2D eigenvalue weighted by Crippen LogP contribution is 2.26. The number of ether oxygens (including phenoxy) is 2. The molecule has 5 atom stereocenters. The van der Waals surface area contributed by atoms with Crippen molar-refractivity contribution in [3.8, 4) is 0 Å². The predicted molar refractivity (Wildman–Crippen MR) is 48.0 cm³/mol. The molecule has 1 fully saturated rings. The van der Waals surface area contributed by atoms with Gasteiger partial charge in [-0.2, -0.15) is 0 Å². The van der Waals surface area contributed by atoms with Crippen LogP contribution in [-0.4, -0.2) is 53.2 Å². The summed E-state index contributed by atoms with van der Waals surface area (Å²) in [4.78, 5) is 0. The third-order valence-corrected chi connectivity index (χ3v) is 2.85. The summed E-state index contributed by atoms with van der Waals surface area (Å²) < 4.78 is 9.99. The van der Waals surface area contributed by atoms with E-state index in [0.29, 0.717) is 0 Å². The zero-order valence-electron chi connectivity index (χ0n) is 7.06. The van der Waals surface area contributed by atoms with Crippen molar-refractivity contribution in [2.24, 2.45) is 0 Å². The fraction of sp³-hybridized carbons (Fsp3) is 1.00. The van der Waals surface area contributed by atoms with E-state index in [9.17, 15) is 10.2 Å². The second-order valence-corrected chi connectivity index (χ2v) is 3.67. The summed E-state index contributed by atoms with van der Waals surface area (Å²) in [6.07, 6.45) is -3.59. The van der Waals surface area contributed by atoms with Gasteiger partial charge in [0.15, 0.2) is 6.29 Å². The molecule has 0 aromatic heterocycles. The number of hydrogen-bond acceptors (Lipinski definition) is 4. The summed E-state index contributed by atoms with van der Waals surface area (Å²) in [5.74, 6) is 0.151. The van der Waals surface area contributed by atoms with Crippen molar-refractivity contribution in [2.75, 3.05) is 13.0 Å². The van der Waals surface area contributed by atoms with E-state index in [0.717, 1.165) is 0 Å². The molecule has 1 heterocycles. The zero-order chi connectivity index (χ0) is 10.0. The third-order valence-electron chi connectivity index (χ3n) is 2.00. The van der Waals surface area contributed by atoms with E-state index in [4.69, 9.17) is 32.7 Å². The average Bonchev–Trinajstić information content (AvgIpc) is 2.15. The predicted octanol–water partition coefficient (Wildman–Crippen LogP) is -0.0743. The summed E-state index contributed by atoms with van der Waals surface area (Å²) in [6.45, 7) is 0. The molecule has 2 N–H and O–H groups in total. The van der Waals surface area contributed by atoms with Gasteiger partial charge in [-0.05, 0) is 0 Å². The first-order valence-electron chi connectivity index (χ1n) is 3.86. The van der Waals surface area contributed by atoms with Crippen LogP contribution >= 0.6 is 23.2 Å². The minimum Gasteiger partial charge on any atom is -0.389 e. The normalized spacial score (nSPS) is 46.4. The van der Waals surface area contributed by atoms with Crippen molar-refractivity contribution in [1.29, 1.82) is 0 Å². The van der Waals surface area contributed by atoms with Crippen LogP contribution < -0.4 is 0 Å². The van der Waals surface area contributed by atoms with Gasteiger partial charge in [-0.15, -0.1) is 23.2 Å².